The molecule has 0 aliphatic carbocycles. The molecule has 2 aromatic carbocycles. The van der Waals surface area contributed by atoms with E-state index >= 15 is 0 Å². The third-order valence-corrected chi connectivity index (χ3v) is 4.78. The SMILES string of the molecule is CCC(=O)N1CCc2ccc(NC(=O)c3ccc(OC)c(OC)c3)cc2C1. The van der Waals surface area contributed by atoms with E-state index in [9.17, 15) is 9.59 Å². The van der Waals surface area contributed by atoms with Crippen LogP contribution in [-0.4, -0.2) is 37.5 Å². The molecule has 27 heavy (non-hydrogen) atoms. The van der Waals surface area contributed by atoms with E-state index in [0.29, 0.717) is 35.7 Å². The molecule has 0 fully saturated rings. The number of hydrogen-bond donors (Lipinski definition) is 1. The van der Waals surface area contributed by atoms with Crippen LogP contribution in [0.2, 0.25) is 0 Å². The van der Waals surface area contributed by atoms with Crippen LogP contribution < -0.4 is 14.8 Å². The molecule has 0 radical (unpaired) electrons. The number of anilines is 1. The topological polar surface area (TPSA) is 67.9 Å². The molecule has 142 valence electrons. The van der Waals surface area contributed by atoms with E-state index in [0.717, 1.165) is 18.5 Å². The summed E-state index contributed by atoms with van der Waals surface area (Å²) in [5, 5.41) is 2.92. The molecule has 0 saturated heterocycles. The highest BCUT2D eigenvalue weighted by molar-refractivity contribution is 6.04. The number of nitrogens with zero attached hydrogens (tertiary/aromatic N) is 1. The lowest BCUT2D eigenvalue weighted by Gasteiger charge is -2.29. The Morgan fingerprint density at radius 1 is 1.04 bits per heavy atom. The van der Waals surface area contributed by atoms with Crippen molar-refractivity contribution in [3.63, 3.8) is 0 Å². The maximum atomic E-state index is 12.6. The van der Waals surface area contributed by atoms with E-state index in [4.69, 9.17) is 9.47 Å². The van der Waals surface area contributed by atoms with Crippen molar-refractivity contribution in [3.8, 4) is 11.5 Å². The molecular formula is C21H24N2O4. The van der Waals surface area contributed by atoms with Crippen LogP contribution in [-0.2, 0) is 17.8 Å². The van der Waals surface area contributed by atoms with Gasteiger partial charge in [-0.15, -0.1) is 0 Å². The molecular weight excluding hydrogens is 344 g/mol. The Morgan fingerprint density at radius 3 is 2.52 bits per heavy atom. The third-order valence-electron chi connectivity index (χ3n) is 4.78. The molecule has 6 heteroatoms. The lowest BCUT2D eigenvalue weighted by Crippen LogP contribution is -2.35. The van der Waals surface area contributed by atoms with Gasteiger partial charge in [0.05, 0.1) is 14.2 Å². The van der Waals surface area contributed by atoms with Gasteiger partial charge in [-0.25, -0.2) is 0 Å². The van der Waals surface area contributed by atoms with Crippen LogP contribution in [0.15, 0.2) is 36.4 Å². The molecule has 1 heterocycles. The average Bonchev–Trinajstić information content (AvgIpc) is 2.71. The van der Waals surface area contributed by atoms with Crippen LogP contribution >= 0.6 is 0 Å². The number of fused-ring (bicyclic) bond motifs is 1. The Kier molecular flexibility index (Phi) is 5.64. The summed E-state index contributed by atoms with van der Waals surface area (Å²) in [6.45, 7) is 3.21. The van der Waals surface area contributed by atoms with Gasteiger partial charge in [0.2, 0.25) is 5.91 Å². The molecule has 2 amide bonds. The number of carbonyl (C=O) groups excluding carboxylic acids is 2. The van der Waals surface area contributed by atoms with E-state index in [2.05, 4.69) is 5.32 Å². The maximum absolute atomic E-state index is 12.6. The van der Waals surface area contributed by atoms with Gasteiger partial charge in [0.1, 0.15) is 0 Å². The molecule has 0 saturated carbocycles. The van der Waals surface area contributed by atoms with Crippen LogP contribution in [0.1, 0.15) is 34.8 Å². The zero-order valence-corrected chi connectivity index (χ0v) is 15.9. The highest BCUT2D eigenvalue weighted by Gasteiger charge is 2.20. The minimum atomic E-state index is -0.229. The van der Waals surface area contributed by atoms with Gasteiger partial charge in [0.25, 0.3) is 5.91 Å². The van der Waals surface area contributed by atoms with Crippen molar-refractivity contribution in [2.45, 2.75) is 26.3 Å². The summed E-state index contributed by atoms with van der Waals surface area (Å²) in [6.07, 6.45) is 1.34. The monoisotopic (exact) mass is 368 g/mol. The molecule has 3 rings (SSSR count). The number of ether oxygens (including phenoxy) is 2. The Hall–Kier alpha value is -3.02. The summed E-state index contributed by atoms with van der Waals surface area (Å²) in [6, 6.07) is 10.9. The molecule has 1 N–H and O–H groups in total. The average molecular weight is 368 g/mol. The first kappa shape index (κ1) is 18.8. The summed E-state index contributed by atoms with van der Waals surface area (Å²) in [5.41, 5.74) is 3.49. The normalized spacial score (nSPS) is 12.9. The van der Waals surface area contributed by atoms with E-state index in [1.165, 1.54) is 12.7 Å². The first-order chi connectivity index (χ1) is 13.0. The number of nitrogens with one attached hydrogen (secondary N) is 1. The molecule has 0 aromatic heterocycles. The Bertz CT molecular complexity index is 863. The minimum absolute atomic E-state index is 0.153. The lowest BCUT2D eigenvalue weighted by molar-refractivity contribution is -0.131. The van der Waals surface area contributed by atoms with Crippen molar-refractivity contribution in [2.24, 2.45) is 0 Å². The van der Waals surface area contributed by atoms with E-state index in [-0.39, 0.29) is 11.8 Å². The molecule has 0 bridgehead atoms. The Labute approximate surface area is 159 Å². The molecule has 0 unspecified atom stereocenters. The maximum Gasteiger partial charge on any atom is 0.255 e. The van der Waals surface area contributed by atoms with Gasteiger partial charge in [-0.05, 0) is 47.9 Å². The van der Waals surface area contributed by atoms with Crippen LogP contribution in [0.4, 0.5) is 5.69 Å². The fraction of sp³-hybridized carbons (Fsp3) is 0.333. The van der Waals surface area contributed by atoms with Gasteiger partial charge in [-0.1, -0.05) is 13.0 Å². The van der Waals surface area contributed by atoms with Crippen LogP contribution in [0.5, 0.6) is 11.5 Å². The number of benzene rings is 2. The Balaban J connectivity index is 1.77. The number of hydrogen-bond acceptors (Lipinski definition) is 4. The van der Waals surface area contributed by atoms with E-state index in [1.54, 1.807) is 25.3 Å². The highest BCUT2D eigenvalue weighted by atomic mass is 16.5. The largest absolute Gasteiger partial charge is 0.493 e. The van der Waals surface area contributed by atoms with Crippen molar-refractivity contribution in [1.29, 1.82) is 0 Å². The Morgan fingerprint density at radius 2 is 1.81 bits per heavy atom. The smallest absolute Gasteiger partial charge is 0.255 e. The molecule has 1 aliphatic rings. The van der Waals surface area contributed by atoms with Gasteiger partial charge in [-0.3, -0.25) is 9.59 Å². The van der Waals surface area contributed by atoms with Crippen molar-refractivity contribution in [1.82, 2.24) is 4.90 Å². The van der Waals surface area contributed by atoms with Gasteiger partial charge >= 0.3 is 0 Å². The zero-order valence-electron chi connectivity index (χ0n) is 15.9. The second-order valence-electron chi connectivity index (χ2n) is 6.43. The van der Waals surface area contributed by atoms with Crippen molar-refractivity contribution in [2.75, 3.05) is 26.1 Å². The number of amides is 2. The summed E-state index contributed by atoms with van der Waals surface area (Å²) in [7, 11) is 3.09. The quantitative estimate of drug-likeness (QED) is 0.880. The van der Waals surface area contributed by atoms with Crippen molar-refractivity contribution >= 4 is 17.5 Å². The van der Waals surface area contributed by atoms with Crippen molar-refractivity contribution < 1.29 is 19.1 Å². The van der Waals surface area contributed by atoms with Gasteiger partial charge in [0.15, 0.2) is 11.5 Å². The first-order valence-corrected chi connectivity index (χ1v) is 8.98. The summed E-state index contributed by atoms with van der Waals surface area (Å²) in [5.74, 6) is 1.00. The standard InChI is InChI=1S/C21H24N2O4/c1-4-20(24)23-10-9-14-5-7-17(11-16(14)13-23)22-21(25)15-6-8-18(26-2)19(12-15)27-3/h5-8,11-12H,4,9-10,13H2,1-3H3,(H,22,25). The van der Waals surface area contributed by atoms with Gasteiger partial charge in [-0.2, -0.15) is 0 Å². The second-order valence-corrected chi connectivity index (χ2v) is 6.43. The third kappa shape index (κ3) is 4.05. The van der Waals surface area contributed by atoms with Crippen LogP contribution in [0.25, 0.3) is 0 Å². The highest BCUT2D eigenvalue weighted by Crippen LogP contribution is 2.28. The van der Waals surface area contributed by atoms with Gasteiger partial charge in [0, 0.05) is 30.8 Å². The molecule has 0 spiro atoms. The van der Waals surface area contributed by atoms with Crippen LogP contribution in [0.3, 0.4) is 0 Å². The zero-order chi connectivity index (χ0) is 19.4. The molecule has 1 aliphatic heterocycles. The van der Waals surface area contributed by atoms with Crippen molar-refractivity contribution in [3.05, 3.63) is 53.1 Å². The summed E-state index contributed by atoms with van der Waals surface area (Å²) >= 11 is 0. The molecule has 6 nitrogen and oxygen atoms in total. The van der Waals surface area contributed by atoms with E-state index < -0.39 is 0 Å². The lowest BCUT2D eigenvalue weighted by atomic mass is 9.98. The molecule has 0 atom stereocenters. The first-order valence-electron chi connectivity index (χ1n) is 8.98. The van der Waals surface area contributed by atoms with E-state index in [1.807, 2.05) is 30.0 Å². The number of carbonyl (C=O) groups is 2. The number of methoxy groups -OCH3 is 2. The predicted molar refractivity (Wildman–Crippen MR) is 103 cm³/mol. The predicted octanol–water partition coefficient (Wildman–Crippen LogP) is 3.25. The fourth-order valence-electron chi connectivity index (χ4n) is 3.25. The summed E-state index contributed by atoms with van der Waals surface area (Å²) < 4.78 is 10.5. The van der Waals surface area contributed by atoms with Crippen LogP contribution in [0, 0.1) is 0 Å². The second kappa shape index (κ2) is 8.12. The summed E-state index contributed by atoms with van der Waals surface area (Å²) in [4.78, 5) is 26.4. The fourth-order valence-corrected chi connectivity index (χ4v) is 3.25. The van der Waals surface area contributed by atoms with Gasteiger partial charge < -0.3 is 19.7 Å². The molecule has 2 aromatic rings. The minimum Gasteiger partial charge on any atom is -0.493 e. The number of rotatable bonds is 5.